The van der Waals surface area contributed by atoms with E-state index in [1.807, 2.05) is 4.90 Å². The van der Waals surface area contributed by atoms with Crippen molar-refractivity contribution in [3.8, 4) is 0 Å². The molecular formula is C19H25N3O4S2. The lowest BCUT2D eigenvalue weighted by Gasteiger charge is -2.37. The molecule has 0 saturated carbocycles. The Balaban J connectivity index is 1.38. The molecule has 1 atom stereocenters. The number of aryl methyl sites for hydroxylation is 1. The predicted octanol–water partition coefficient (Wildman–Crippen LogP) is 2.04. The van der Waals surface area contributed by atoms with Crippen molar-refractivity contribution in [2.45, 2.75) is 38.2 Å². The highest BCUT2D eigenvalue weighted by molar-refractivity contribution is 7.80. The summed E-state index contributed by atoms with van der Waals surface area (Å²) in [5.74, 6) is -0.213. The SMILES string of the molecule is COC(=O)c1c(NC(=S)N2CCN(C(=O)[C@H]3CCCO3)CC2)sc2c1CCC2. The van der Waals surface area contributed by atoms with Gasteiger partial charge >= 0.3 is 5.97 Å². The number of methoxy groups -OCH3 is 1. The maximum atomic E-state index is 12.5. The third kappa shape index (κ3) is 3.75. The van der Waals surface area contributed by atoms with E-state index in [2.05, 4.69) is 10.2 Å². The van der Waals surface area contributed by atoms with Crippen LogP contribution in [0.3, 0.4) is 0 Å². The number of esters is 1. The highest BCUT2D eigenvalue weighted by Gasteiger charge is 2.32. The number of piperazine rings is 1. The van der Waals surface area contributed by atoms with Crippen molar-refractivity contribution in [1.29, 1.82) is 0 Å². The van der Waals surface area contributed by atoms with E-state index in [0.29, 0.717) is 43.5 Å². The van der Waals surface area contributed by atoms with Gasteiger partial charge in [0, 0.05) is 37.7 Å². The summed E-state index contributed by atoms with van der Waals surface area (Å²) in [5, 5.41) is 4.64. The number of carbonyl (C=O) groups is 2. The molecule has 4 rings (SSSR count). The van der Waals surface area contributed by atoms with Crippen molar-refractivity contribution >= 4 is 45.5 Å². The highest BCUT2D eigenvalue weighted by Crippen LogP contribution is 2.39. The molecule has 3 aliphatic rings. The topological polar surface area (TPSA) is 71.1 Å². The van der Waals surface area contributed by atoms with Gasteiger partial charge in [0.15, 0.2) is 5.11 Å². The third-order valence-corrected chi connectivity index (χ3v) is 7.18. The van der Waals surface area contributed by atoms with Crippen LogP contribution < -0.4 is 5.32 Å². The van der Waals surface area contributed by atoms with Crippen LogP contribution in [0.1, 0.15) is 40.1 Å². The van der Waals surface area contributed by atoms with Crippen LogP contribution in [0.15, 0.2) is 0 Å². The van der Waals surface area contributed by atoms with Crippen molar-refractivity contribution in [1.82, 2.24) is 9.80 Å². The monoisotopic (exact) mass is 423 g/mol. The van der Waals surface area contributed by atoms with Gasteiger partial charge in [-0.15, -0.1) is 11.3 Å². The van der Waals surface area contributed by atoms with E-state index in [9.17, 15) is 9.59 Å². The van der Waals surface area contributed by atoms with E-state index >= 15 is 0 Å². The first kappa shape index (κ1) is 19.6. The zero-order valence-electron chi connectivity index (χ0n) is 16.0. The summed E-state index contributed by atoms with van der Waals surface area (Å²) in [5.41, 5.74) is 1.74. The van der Waals surface area contributed by atoms with Crippen LogP contribution in [-0.4, -0.2) is 72.8 Å². The number of carbonyl (C=O) groups excluding carboxylic acids is 2. The maximum absolute atomic E-state index is 12.5. The standard InChI is InChI=1S/C19H25N3O4S2/c1-25-18(24)15-12-4-2-6-14(12)28-16(15)20-19(27)22-9-7-21(8-10-22)17(23)13-5-3-11-26-13/h13H,2-11H2,1H3,(H,20,27)/t13-/m1/s1. The fourth-order valence-corrected chi connectivity index (χ4v) is 5.72. The molecule has 28 heavy (non-hydrogen) atoms. The van der Waals surface area contributed by atoms with Crippen molar-refractivity contribution in [2.75, 3.05) is 45.2 Å². The minimum Gasteiger partial charge on any atom is -0.465 e. The summed E-state index contributed by atoms with van der Waals surface area (Å²) >= 11 is 7.20. The number of nitrogens with zero attached hydrogens (tertiary/aromatic N) is 2. The van der Waals surface area contributed by atoms with Crippen LogP contribution in [0.5, 0.6) is 0 Å². The van der Waals surface area contributed by atoms with Gasteiger partial charge in [-0.1, -0.05) is 0 Å². The third-order valence-electron chi connectivity index (χ3n) is 5.61. The smallest absolute Gasteiger partial charge is 0.341 e. The summed E-state index contributed by atoms with van der Waals surface area (Å²) in [6.07, 6.45) is 4.50. The lowest BCUT2D eigenvalue weighted by atomic mass is 10.1. The number of ether oxygens (including phenoxy) is 2. The van der Waals surface area contributed by atoms with Crippen LogP contribution in [-0.2, 0) is 27.1 Å². The first-order chi connectivity index (χ1) is 13.6. The fourth-order valence-electron chi connectivity index (χ4n) is 4.09. The molecular weight excluding hydrogens is 398 g/mol. The van der Waals surface area contributed by atoms with Crippen molar-refractivity contribution in [3.63, 3.8) is 0 Å². The Hall–Kier alpha value is -1.71. The van der Waals surface area contributed by atoms with E-state index in [1.54, 1.807) is 11.3 Å². The van der Waals surface area contributed by atoms with Gasteiger partial charge in [-0.3, -0.25) is 4.79 Å². The van der Waals surface area contributed by atoms with Gasteiger partial charge in [0.2, 0.25) is 0 Å². The molecule has 3 heterocycles. The lowest BCUT2D eigenvalue weighted by Crippen LogP contribution is -2.53. The molecule has 0 bridgehead atoms. The minimum absolute atomic E-state index is 0.0960. The molecule has 1 aromatic heterocycles. The second-order valence-electron chi connectivity index (χ2n) is 7.30. The number of fused-ring (bicyclic) bond motifs is 1. The van der Waals surface area contributed by atoms with Crippen LogP contribution >= 0.6 is 23.6 Å². The van der Waals surface area contributed by atoms with Crippen molar-refractivity contribution in [2.24, 2.45) is 0 Å². The Morgan fingerprint density at radius 3 is 2.61 bits per heavy atom. The number of thiophene rings is 1. The number of anilines is 1. The first-order valence-corrected chi connectivity index (χ1v) is 11.0. The second kappa shape index (κ2) is 8.34. The average Bonchev–Trinajstić information content (AvgIpc) is 3.44. The second-order valence-corrected chi connectivity index (χ2v) is 8.79. The number of hydrogen-bond acceptors (Lipinski definition) is 6. The van der Waals surface area contributed by atoms with Gasteiger partial charge in [0.25, 0.3) is 5.91 Å². The molecule has 2 fully saturated rings. The molecule has 0 spiro atoms. The fraction of sp³-hybridized carbons (Fsp3) is 0.632. The highest BCUT2D eigenvalue weighted by atomic mass is 32.1. The minimum atomic E-state index is -0.309. The summed E-state index contributed by atoms with van der Waals surface area (Å²) in [4.78, 5) is 29.9. The number of nitrogens with one attached hydrogen (secondary N) is 1. The molecule has 0 aromatic carbocycles. The van der Waals surface area contributed by atoms with Gasteiger partial charge in [0.05, 0.1) is 12.7 Å². The largest absolute Gasteiger partial charge is 0.465 e. The Bertz CT molecular complexity index is 780. The summed E-state index contributed by atoms with van der Waals surface area (Å²) in [7, 11) is 1.41. The normalized spacial score (nSPS) is 21.5. The quantitative estimate of drug-likeness (QED) is 0.589. The molecule has 1 amide bonds. The number of thiocarbonyl (C=S) groups is 1. The molecule has 0 radical (unpaired) electrons. The Labute approximate surface area is 174 Å². The van der Waals surface area contributed by atoms with Gasteiger partial charge in [0.1, 0.15) is 11.1 Å². The van der Waals surface area contributed by atoms with Gasteiger partial charge < -0.3 is 24.6 Å². The van der Waals surface area contributed by atoms with E-state index in [4.69, 9.17) is 21.7 Å². The molecule has 1 aliphatic carbocycles. The Morgan fingerprint density at radius 2 is 1.93 bits per heavy atom. The van der Waals surface area contributed by atoms with Gasteiger partial charge in [-0.2, -0.15) is 0 Å². The zero-order chi connectivity index (χ0) is 19.7. The molecule has 0 unspecified atom stereocenters. The van der Waals surface area contributed by atoms with Crippen LogP contribution in [0, 0.1) is 0 Å². The van der Waals surface area contributed by atoms with E-state index in [0.717, 1.165) is 42.7 Å². The molecule has 2 saturated heterocycles. The number of rotatable bonds is 3. The molecule has 2 aliphatic heterocycles. The van der Waals surface area contributed by atoms with Gasteiger partial charge in [-0.25, -0.2) is 4.79 Å². The first-order valence-electron chi connectivity index (χ1n) is 9.77. The zero-order valence-corrected chi connectivity index (χ0v) is 17.6. The average molecular weight is 424 g/mol. The van der Waals surface area contributed by atoms with Crippen molar-refractivity contribution in [3.05, 3.63) is 16.0 Å². The molecule has 152 valence electrons. The molecule has 7 nitrogen and oxygen atoms in total. The summed E-state index contributed by atoms with van der Waals surface area (Å²) < 4.78 is 10.5. The number of amides is 1. The lowest BCUT2D eigenvalue weighted by molar-refractivity contribution is -0.142. The Morgan fingerprint density at radius 1 is 1.18 bits per heavy atom. The maximum Gasteiger partial charge on any atom is 0.341 e. The summed E-state index contributed by atoms with van der Waals surface area (Å²) in [6, 6.07) is 0. The van der Waals surface area contributed by atoms with E-state index in [1.165, 1.54) is 12.0 Å². The van der Waals surface area contributed by atoms with Crippen molar-refractivity contribution < 1.29 is 19.1 Å². The predicted molar refractivity (Wildman–Crippen MR) is 111 cm³/mol. The van der Waals surface area contributed by atoms with E-state index < -0.39 is 0 Å². The molecule has 1 N–H and O–H groups in total. The van der Waals surface area contributed by atoms with Crippen LogP contribution in [0.25, 0.3) is 0 Å². The molecule has 1 aromatic rings. The van der Waals surface area contributed by atoms with Crippen LogP contribution in [0.2, 0.25) is 0 Å². The Kier molecular flexibility index (Phi) is 5.84. The van der Waals surface area contributed by atoms with Crippen LogP contribution in [0.4, 0.5) is 5.00 Å². The van der Waals surface area contributed by atoms with E-state index in [-0.39, 0.29) is 18.0 Å². The molecule has 9 heteroatoms. The number of hydrogen-bond donors (Lipinski definition) is 1. The summed E-state index contributed by atoms with van der Waals surface area (Å²) in [6.45, 7) is 3.28. The van der Waals surface area contributed by atoms with Gasteiger partial charge in [-0.05, 0) is 49.9 Å².